The van der Waals surface area contributed by atoms with Gasteiger partial charge in [0, 0.05) is 31.2 Å². The van der Waals surface area contributed by atoms with Crippen LogP contribution in [0.2, 0.25) is 0 Å². The molecule has 6 heteroatoms. The number of hydrogen-bond acceptors (Lipinski definition) is 4. The first kappa shape index (κ1) is 19.4. The molecule has 1 amide bonds. The topological polar surface area (TPSA) is 68.6 Å². The third-order valence-corrected chi connectivity index (χ3v) is 5.97. The lowest BCUT2D eigenvalue weighted by Crippen LogP contribution is -2.42. The van der Waals surface area contributed by atoms with E-state index in [0.717, 1.165) is 36.8 Å². The molecule has 0 bridgehead atoms. The molecular weight excluding hydrogens is 368 g/mol. The highest BCUT2D eigenvalue weighted by molar-refractivity contribution is 5.95. The Bertz CT molecular complexity index is 1010. The van der Waals surface area contributed by atoms with Crippen LogP contribution in [0.3, 0.4) is 0 Å². The zero-order valence-corrected chi connectivity index (χ0v) is 16.9. The fourth-order valence-electron chi connectivity index (χ4n) is 4.17. The first-order valence-electron chi connectivity index (χ1n) is 10.2. The minimum Gasteiger partial charge on any atom is -0.465 e. The largest absolute Gasteiger partial charge is 0.465 e. The van der Waals surface area contributed by atoms with Crippen molar-refractivity contribution in [3.8, 4) is 0 Å². The molecule has 1 atom stereocenters. The number of carbonyl (C=O) groups excluding carboxylic acids is 2. The van der Waals surface area contributed by atoms with E-state index in [0.29, 0.717) is 24.2 Å². The van der Waals surface area contributed by atoms with E-state index in [9.17, 15) is 14.4 Å². The molecule has 2 aliphatic rings. The lowest BCUT2D eigenvalue weighted by Gasteiger charge is -2.33. The van der Waals surface area contributed by atoms with Crippen LogP contribution in [-0.2, 0) is 4.74 Å². The van der Waals surface area contributed by atoms with E-state index in [2.05, 4.69) is 0 Å². The zero-order chi connectivity index (χ0) is 20.5. The van der Waals surface area contributed by atoms with Crippen LogP contribution in [0.4, 0.5) is 0 Å². The Morgan fingerprint density at radius 3 is 2.66 bits per heavy atom. The van der Waals surface area contributed by atoms with Gasteiger partial charge < -0.3 is 14.2 Å². The predicted octanol–water partition coefficient (Wildman–Crippen LogP) is 3.30. The van der Waals surface area contributed by atoms with Crippen molar-refractivity contribution in [2.75, 3.05) is 20.2 Å². The average molecular weight is 394 g/mol. The van der Waals surface area contributed by atoms with Crippen LogP contribution in [0.15, 0.2) is 41.3 Å². The molecule has 1 saturated carbocycles. The predicted molar refractivity (Wildman–Crippen MR) is 109 cm³/mol. The van der Waals surface area contributed by atoms with Crippen LogP contribution in [0.5, 0.6) is 0 Å². The summed E-state index contributed by atoms with van der Waals surface area (Å²) >= 11 is 0. The number of pyridine rings is 1. The van der Waals surface area contributed by atoms with Crippen LogP contribution in [0.1, 0.15) is 69.5 Å². The second-order valence-electron chi connectivity index (χ2n) is 8.02. The second-order valence-corrected chi connectivity index (χ2v) is 8.02. The molecule has 1 aromatic heterocycles. The van der Waals surface area contributed by atoms with Crippen molar-refractivity contribution in [3.05, 3.63) is 69.1 Å². The number of carbonyl (C=O) groups is 2. The van der Waals surface area contributed by atoms with Crippen molar-refractivity contribution in [2.45, 2.75) is 44.6 Å². The molecule has 0 radical (unpaired) electrons. The van der Waals surface area contributed by atoms with E-state index in [1.165, 1.54) is 7.11 Å². The van der Waals surface area contributed by atoms with E-state index in [1.54, 1.807) is 15.5 Å². The second kappa shape index (κ2) is 7.85. The Kier molecular flexibility index (Phi) is 5.26. The molecule has 2 heterocycles. The number of ether oxygens (including phenoxy) is 1. The Labute approximate surface area is 170 Å². The van der Waals surface area contributed by atoms with Crippen LogP contribution in [0, 0.1) is 6.92 Å². The fraction of sp³-hybridized carbons (Fsp3) is 0.435. The molecule has 2 fully saturated rings. The van der Waals surface area contributed by atoms with Crippen molar-refractivity contribution in [1.29, 1.82) is 0 Å². The maximum Gasteiger partial charge on any atom is 0.337 e. The van der Waals surface area contributed by atoms with Gasteiger partial charge in [-0.3, -0.25) is 9.59 Å². The van der Waals surface area contributed by atoms with Crippen LogP contribution < -0.4 is 5.56 Å². The van der Waals surface area contributed by atoms with Gasteiger partial charge in [-0.2, -0.15) is 0 Å². The number of rotatable bonds is 4. The number of methoxy groups -OCH3 is 1. The molecule has 0 N–H and O–H groups in total. The summed E-state index contributed by atoms with van der Waals surface area (Å²) in [7, 11) is 1.37. The smallest absolute Gasteiger partial charge is 0.337 e. The number of amides is 1. The Hall–Kier alpha value is -2.89. The number of likely N-dealkylation sites (tertiary alicyclic amines) is 1. The maximum absolute atomic E-state index is 13.3. The van der Waals surface area contributed by atoms with Crippen LogP contribution in [0.25, 0.3) is 0 Å². The van der Waals surface area contributed by atoms with Gasteiger partial charge in [0.25, 0.3) is 11.5 Å². The van der Waals surface area contributed by atoms with Gasteiger partial charge in [-0.15, -0.1) is 0 Å². The van der Waals surface area contributed by atoms with E-state index in [-0.39, 0.29) is 29.4 Å². The third-order valence-electron chi connectivity index (χ3n) is 5.97. The van der Waals surface area contributed by atoms with Gasteiger partial charge in [0.15, 0.2) is 0 Å². The van der Waals surface area contributed by atoms with Gasteiger partial charge in [-0.1, -0.05) is 12.1 Å². The summed E-state index contributed by atoms with van der Waals surface area (Å²) in [6.45, 7) is 3.01. The normalized spacial score (nSPS) is 19.1. The summed E-state index contributed by atoms with van der Waals surface area (Å²) in [6.07, 6.45) is 5.61. The van der Waals surface area contributed by atoms with E-state index < -0.39 is 0 Å². The van der Waals surface area contributed by atoms with E-state index in [4.69, 9.17) is 4.74 Å². The fourth-order valence-corrected chi connectivity index (χ4v) is 4.17. The summed E-state index contributed by atoms with van der Waals surface area (Å²) in [5.74, 6) is -0.417. The standard InChI is InChI=1S/C23H26N2O4/c1-15-10-12-25(19-8-9-19)22(27)20(15)21(26)24-11-4-7-18(14-24)16-5-3-6-17(13-16)23(28)29-2/h3,5-6,10,12-13,18-19H,4,7-9,11,14H2,1-2H3. The Morgan fingerprint density at radius 1 is 1.14 bits per heavy atom. The minimum absolute atomic E-state index is 0.131. The molecular formula is C23H26N2O4. The quantitative estimate of drug-likeness (QED) is 0.746. The van der Waals surface area contributed by atoms with Crippen molar-refractivity contribution in [3.63, 3.8) is 0 Å². The first-order chi connectivity index (χ1) is 14.0. The van der Waals surface area contributed by atoms with Crippen LogP contribution in [-0.4, -0.2) is 41.5 Å². The molecule has 29 heavy (non-hydrogen) atoms. The Balaban J connectivity index is 1.58. The monoisotopic (exact) mass is 394 g/mol. The molecule has 152 valence electrons. The lowest BCUT2D eigenvalue weighted by atomic mass is 9.89. The summed E-state index contributed by atoms with van der Waals surface area (Å²) in [6, 6.07) is 9.52. The number of hydrogen-bond donors (Lipinski definition) is 0. The minimum atomic E-state index is -0.365. The number of benzene rings is 1. The van der Waals surface area contributed by atoms with Crippen molar-refractivity contribution in [2.24, 2.45) is 0 Å². The van der Waals surface area contributed by atoms with Gasteiger partial charge in [-0.05, 0) is 61.9 Å². The van der Waals surface area contributed by atoms with E-state index >= 15 is 0 Å². The van der Waals surface area contributed by atoms with Crippen LogP contribution >= 0.6 is 0 Å². The first-order valence-corrected chi connectivity index (χ1v) is 10.2. The zero-order valence-electron chi connectivity index (χ0n) is 16.9. The van der Waals surface area contributed by atoms with Crippen molar-refractivity contribution in [1.82, 2.24) is 9.47 Å². The highest BCUT2D eigenvalue weighted by Crippen LogP contribution is 2.34. The summed E-state index contributed by atoms with van der Waals surface area (Å²) in [4.78, 5) is 39.8. The van der Waals surface area contributed by atoms with Crippen molar-refractivity contribution >= 4 is 11.9 Å². The maximum atomic E-state index is 13.3. The third kappa shape index (κ3) is 3.84. The average Bonchev–Trinajstić information content (AvgIpc) is 3.58. The van der Waals surface area contributed by atoms with Gasteiger partial charge in [0.05, 0.1) is 12.7 Å². The lowest BCUT2D eigenvalue weighted by molar-refractivity contribution is 0.0599. The SMILES string of the molecule is COC(=O)c1cccc(C2CCCN(C(=O)c3c(C)ccn(C4CC4)c3=O)C2)c1. The summed E-state index contributed by atoms with van der Waals surface area (Å²) in [5, 5.41) is 0. The number of aryl methyl sites for hydroxylation is 1. The molecule has 1 aliphatic heterocycles. The van der Waals surface area contributed by atoms with Gasteiger partial charge in [-0.25, -0.2) is 4.79 Å². The molecule has 4 rings (SSSR count). The molecule has 1 aromatic carbocycles. The summed E-state index contributed by atoms with van der Waals surface area (Å²) < 4.78 is 6.53. The van der Waals surface area contributed by atoms with Gasteiger partial charge in [0.1, 0.15) is 5.56 Å². The number of nitrogens with zero attached hydrogens (tertiary/aromatic N) is 2. The number of piperidine rings is 1. The van der Waals surface area contributed by atoms with Gasteiger partial charge >= 0.3 is 5.97 Å². The Morgan fingerprint density at radius 2 is 1.93 bits per heavy atom. The molecule has 0 spiro atoms. The summed E-state index contributed by atoms with van der Waals surface area (Å²) in [5.41, 5.74) is 2.38. The molecule has 1 saturated heterocycles. The van der Waals surface area contributed by atoms with Gasteiger partial charge in [0.2, 0.25) is 0 Å². The number of esters is 1. The van der Waals surface area contributed by atoms with E-state index in [1.807, 2.05) is 37.4 Å². The molecule has 1 aliphatic carbocycles. The highest BCUT2D eigenvalue weighted by Gasteiger charge is 2.31. The molecule has 6 nitrogen and oxygen atoms in total. The highest BCUT2D eigenvalue weighted by atomic mass is 16.5. The number of aromatic nitrogens is 1. The van der Waals surface area contributed by atoms with Crippen molar-refractivity contribution < 1.29 is 14.3 Å². The molecule has 2 aromatic rings. The molecule has 1 unspecified atom stereocenters.